The van der Waals surface area contributed by atoms with E-state index in [9.17, 15) is 5.11 Å². The van der Waals surface area contributed by atoms with Crippen LogP contribution in [0.25, 0.3) is 0 Å². The molecule has 1 aromatic rings. The molecule has 0 aliphatic carbocycles. The zero-order valence-electron chi connectivity index (χ0n) is 10.0. The number of aliphatic hydroxyl groups is 1. The first kappa shape index (κ1) is 12.1. The summed E-state index contributed by atoms with van der Waals surface area (Å²) in [7, 11) is 1.69. The molecule has 2 heteroatoms. The van der Waals surface area contributed by atoms with Crippen LogP contribution in [-0.4, -0.2) is 18.8 Å². The van der Waals surface area contributed by atoms with E-state index in [1.807, 2.05) is 6.92 Å². The summed E-state index contributed by atoms with van der Waals surface area (Å²) in [5.41, 5.74) is 3.48. The molecule has 0 aromatic heterocycles. The summed E-state index contributed by atoms with van der Waals surface area (Å²) in [6.45, 7) is 6.37. The molecule has 1 rings (SSSR count). The minimum absolute atomic E-state index is 0.176. The molecule has 15 heavy (non-hydrogen) atoms. The SMILES string of the molecule is CCC(CO)c1cc(C)cc(C)c1OC. The number of benzene rings is 1. The Bertz CT molecular complexity index is 328. The maximum atomic E-state index is 9.33. The van der Waals surface area contributed by atoms with Crippen molar-refractivity contribution in [3.63, 3.8) is 0 Å². The highest BCUT2D eigenvalue weighted by atomic mass is 16.5. The maximum Gasteiger partial charge on any atom is 0.125 e. The molecule has 0 spiro atoms. The Labute approximate surface area is 91.9 Å². The summed E-state index contributed by atoms with van der Waals surface area (Å²) >= 11 is 0. The first-order valence-corrected chi connectivity index (χ1v) is 5.40. The number of methoxy groups -OCH3 is 1. The number of aliphatic hydroxyl groups excluding tert-OH is 1. The van der Waals surface area contributed by atoms with Gasteiger partial charge in [0.15, 0.2) is 0 Å². The molecular weight excluding hydrogens is 188 g/mol. The molecule has 0 bridgehead atoms. The van der Waals surface area contributed by atoms with Gasteiger partial charge in [-0.05, 0) is 25.8 Å². The molecule has 1 unspecified atom stereocenters. The van der Waals surface area contributed by atoms with E-state index in [2.05, 4.69) is 26.0 Å². The molecule has 0 heterocycles. The molecule has 0 saturated heterocycles. The van der Waals surface area contributed by atoms with Gasteiger partial charge in [0.25, 0.3) is 0 Å². The number of ether oxygens (including phenoxy) is 1. The number of hydrogen-bond acceptors (Lipinski definition) is 2. The Kier molecular flexibility index (Phi) is 4.15. The second kappa shape index (κ2) is 5.17. The van der Waals surface area contributed by atoms with Crippen molar-refractivity contribution in [2.45, 2.75) is 33.1 Å². The fourth-order valence-corrected chi connectivity index (χ4v) is 2.02. The molecule has 1 atom stereocenters. The van der Waals surface area contributed by atoms with Crippen molar-refractivity contribution in [1.29, 1.82) is 0 Å². The first-order chi connectivity index (χ1) is 7.13. The Balaban J connectivity index is 3.24. The van der Waals surface area contributed by atoms with E-state index in [1.165, 1.54) is 5.56 Å². The minimum Gasteiger partial charge on any atom is -0.496 e. The van der Waals surface area contributed by atoms with Gasteiger partial charge >= 0.3 is 0 Å². The van der Waals surface area contributed by atoms with E-state index in [1.54, 1.807) is 7.11 Å². The van der Waals surface area contributed by atoms with Crippen LogP contribution in [0.5, 0.6) is 5.75 Å². The van der Waals surface area contributed by atoms with Gasteiger partial charge in [0, 0.05) is 11.5 Å². The van der Waals surface area contributed by atoms with E-state index >= 15 is 0 Å². The Morgan fingerprint density at radius 3 is 2.47 bits per heavy atom. The fourth-order valence-electron chi connectivity index (χ4n) is 2.02. The molecule has 0 saturated carbocycles. The third-order valence-electron chi connectivity index (χ3n) is 2.80. The Morgan fingerprint density at radius 2 is 2.00 bits per heavy atom. The zero-order valence-corrected chi connectivity index (χ0v) is 10.0. The molecule has 0 amide bonds. The van der Waals surface area contributed by atoms with Crippen molar-refractivity contribution >= 4 is 0 Å². The van der Waals surface area contributed by atoms with E-state index in [4.69, 9.17) is 4.74 Å². The second-order valence-corrected chi connectivity index (χ2v) is 3.99. The van der Waals surface area contributed by atoms with E-state index in [0.29, 0.717) is 0 Å². The van der Waals surface area contributed by atoms with Crippen LogP contribution in [0.2, 0.25) is 0 Å². The molecule has 2 nitrogen and oxygen atoms in total. The van der Waals surface area contributed by atoms with Crippen LogP contribution in [0, 0.1) is 13.8 Å². The average Bonchev–Trinajstić information content (AvgIpc) is 2.19. The zero-order chi connectivity index (χ0) is 11.4. The molecule has 0 radical (unpaired) electrons. The Morgan fingerprint density at radius 1 is 1.33 bits per heavy atom. The average molecular weight is 208 g/mol. The quantitative estimate of drug-likeness (QED) is 0.824. The van der Waals surface area contributed by atoms with Crippen LogP contribution in [0.4, 0.5) is 0 Å². The molecule has 1 aromatic carbocycles. The van der Waals surface area contributed by atoms with Gasteiger partial charge in [-0.25, -0.2) is 0 Å². The largest absolute Gasteiger partial charge is 0.496 e. The lowest BCUT2D eigenvalue weighted by atomic mass is 9.93. The van der Waals surface area contributed by atoms with Crippen molar-refractivity contribution in [1.82, 2.24) is 0 Å². The highest BCUT2D eigenvalue weighted by Gasteiger charge is 2.15. The number of aryl methyl sites for hydroxylation is 2. The number of hydrogen-bond donors (Lipinski definition) is 1. The van der Waals surface area contributed by atoms with E-state index < -0.39 is 0 Å². The van der Waals surface area contributed by atoms with Crippen LogP contribution >= 0.6 is 0 Å². The summed E-state index contributed by atoms with van der Waals surface area (Å²) in [6, 6.07) is 4.21. The smallest absolute Gasteiger partial charge is 0.125 e. The molecule has 1 N–H and O–H groups in total. The van der Waals surface area contributed by atoms with Gasteiger partial charge in [0.2, 0.25) is 0 Å². The standard InChI is InChI=1S/C13H20O2/c1-5-11(8-14)12-7-9(2)6-10(3)13(12)15-4/h6-7,11,14H,5,8H2,1-4H3. The summed E-state index contributed by atoms with van der Waals surface area (Å²) in [6.07, 6.45) is 0.926. The van der Waals surface area contributed by atoms with Crippen LogP contribution in [-0.2, 0) is 0 Å². The summed E-state index contributed by atoms with van der Waals surface area (Å²) < 4.78 is 5.40. The second-order valence-electron chi connectivity index (χ2n) is 3.99. The molecule has 0 aliphatic heterocycles. The van der Waals surface area contributed by atoms with Crippen LogP contribution in [0.1, 0.15) is 36.0 Å². The summed E-state index contributed by atoms with van der Waals surface area (Å²) in [5.74, 6) is 1.10. The lowest BCUT2D eigenvalue weighted by molar-refractivity contribution is 0.259. The highest BCUT2D eigenvalue weighted by Crippen LogP contribution is 2.32. The topological polar surface area (TPSA) is 29.5 Å². The molecule has 0 fully saturated rings. The lowest BCUT2D eigenvalue weighted by Crippen LogP contribution is -2.06. The third-order valence-corrected chi connectivity index (χ3v) is 2.80. The van der Waals surface area contributed by atoms with Gasteiger partial charge in [-0.1, -0.05) is 24.6 Å². The van der Waals surface area contributed by atoms with Gasteiger partial charge < -0.3 is 9.84 Å². The van der Waals surface area contributed by atoms with Crippen LogP contribution in [0.15, 0.2) is 12.1 Å². The summed E-state index contributed by atoms with van der Waals surface area (Å²) in [5, 5.41) is 9.33. The summed E-state index contributed by atoms with van der Waals surface area (Å²) in [4.78, 5) is 0. The van der Waals surface area contributed by atoms with Gasteiger partial charge in [-0.3, -0.25) is 0 Å². The predicted molar refractivity (Wildman–Crippen MR) is 62.6 cm³/mol. The van der Waals surface area contributed by atoms with Gasteiger partial charge in [0.1, 0.15) is 5.75 Å². The van der Waals surface area contributed by atoms with Gasteiger partial charge in [-0.15, -0.1) is 0 Å². The van der Waals surface area contributed by atoms with Crippen molar-refractivity contribution in [3.8, 4) is 5.75 Å². The van der Waals surface area contributed by atoms with Gasteiger partial charge in [0.05, 0.1) is 13.7 Å². The van der Waals surface area contributed by atoms with Crippen LogP contribution in [0.3, 0.4) is 0 Å². The molecule has 84 valence electrons. The number of rotatable bonds is 4. The van der Waals surface area contributed by atoms with Crippen LogP contribution < -0.4 is 4.74 Å². The minimum atomic E-state index is 0.176. The van der Waals surface area contributed by atoms with Crippen molar-refractivity contribution < 1.29 is 9.84 Å². The van der Waals surface area contributed by atoms with E-state index in [0.717, 1.165) is 23.3 Å². The van der Waals surface area contributed by atoms with Gasteiger partial charge in [-0.2, -0.15) is 0 Å². The Hall–Kier alpha value is -1.02. The normalized spacial score (nSPS) is 12.6. The van der Waals surface area contributed by atoms with Crippen molar-refractivity contribution in [3.05, 3.63) is 28.8 Å². The molecular formula is C13H20O2. The van der Waals surface area contributed by atoms with Crippen molar-refractivity contribution in [2.75, 3.05) is 13.7 Å². The first-order valence-electron chi connectivity index (χ1n) is 5.40. The maximum absolute atomic E-state index is 9.33. The predicted octanol–water partition coefficient (Wildman–Crippen LogP) is 2.80. The van der Waals surface area contributed by atoms with E-state index in [-0.39, 0.29) is 12.5 Å². The highest BCUT2D eigenvalue weighted by molar-refractivity contribution is 5.45. The fraction of sp³-hybridized carbons (Fsp3) is 0.538. The van der Waals surface area contributed by atoms with Crippen molar-refractivity contribution in [2.24, 2.45) is 0 Å². The monoisotopic (exact) mass is 208 g/mol. The molecule has 0 aliphatic rings. The lowest BCUT2D eigenvalue weighted by Gasteiger charge is -2.18. The third kappa shape index (κ3) is 2.51.